The van der Waals surface area contributed by atoms with Crippen molar-refractivity contribution in [1.82, 2.24) is 4.90 Å². The van der Waals surface area contributed by atoms with Gasteiger partial charge in [-0.1, -0.05) is 19.3 Å². The third kappa shape index (κ3) is 3.19. The van der Waals surface area contributed by atoms with Gasteiger partial charge in [-0.05, 0) is 32.6 Å². The zero-order valence-electron chi connectivity index (χ0n) is 10.4. The molecule has 2 aliphatic rings. The van der Waals surface area contributed by atoms with E-state index in [1.165, 1.54) is 19.3 Å². The average Bonchev–Trinajstić information content (AvgIpc) is 2.22. The van der Waals surface area contributed by atoms with Gasteiger partial charge in [0.25, 0.3) is 0 Å². The van der Waals surface area contributed by atoms with Gasteiger partial charge in [0, 0.05) is 19.6 Å². The van der Waals surface area contributed by atoms with E-state index in [4.69, 9.17) is 0 Å². The molecule has 0 aromatic rings. The Bertz CT molecular complexity index is 224. The summed E-state index contributed by atoms with van der Waals surface area (Å²) in [7, 11) is 0. The Balaban J connectivity index is 1.81. The van der Waals surface area contributed by atoms with Crippen molar-refractivity contribution in [3.63, 3.8) is 0 Å². The van der Waals surface area contributed by atoms with E-state index >= 15 is 0 Å². The van der Waals surface area contributed by atoms with Crippen LogP contribution in [0.3, 0.4) is 0 Å². The highest BCUT2D eigenvalue weighted by molar-refractivity contribution is 4.89. The molecule has 0 spiro atoms. The smallest absolute Gasteiger partial charge is 0.0774 e. The van der Waals surface area contributed by atoms with Gasteiger partial charge in [-0.3, -0.25) is 0 Å². The number of rotatable bonds is 2. The van der Waals surface area contributed by atoms with Gasteiger partial charge in [0.1, 0.15) is 0 Å². The molecule has 0 atom stereocenters. The molecule has 3 heteroatoms. The zero-order chi connectivity index (χ0) is 11.6. The van der Waals surface area contributed by atoms with Crippen LogP contribution in [-0.4, -0.2) is 45.9 Å². The molecule has 0 aromatic heterocycles. The second kappa shape index (κ2) is 4.63. The molecule has 94 valence electrons. The molecular weight excluding hydrogens is 202 g/mol. The minimum Gasteiger partial charge on any atom is -0.390 e. The first-order valence-corrected chi connectivity index (χ1v) is 6.66. The number of likely N-dealkylation sites (tertiary alicyclic amines) is 1. The van der Waals surface area contributed by atoms with Crippen LogP contribution < -0.4 is 0 Å². The summed E-state index contributed by atoms with van der Waals surface area (Å²) in [6.07, 6.45) is 7.20. The Morgan fingerprint density at radius 1 is 0.938 bits per heavy atom. The lowest BCUT2D eigenvalue weighted by Crippen LogP contribution is -2.50. The number of β-amino-alcohol motifs (C(OH)–C–C–N with tert-alkyl or cyclic N) is 1. The van der Waals surface area contributed by atoms with E-state index < -0.39 is 11.2 Å². The molecular formula is C13H25NO2. The van der Waals surface area contributed by atoms with E-state index in [0.717, 1.165) is 45.3 Å². The molecule has 1 saturated heterocycles. The summed E-state index contributed by atoms with van der Waals surface area (Å²) in [4.78, 5) is 2.32. The third-order valence-corrected chi connectivity index (χ3v) is 4.24. The van der Waals surface area contributed by atoms with E-state index in [-0.39, 0.29) is 0 Å². The minimum absolute atomic E-state index is 0.443. The molecule has 1 heterocycles. The Morgan fingerprint density at radius 3 is 2.06 bits per heavy atom. The molecule has 0 amide bonds. The zero-order valence-corrected chi connectivity index (χ0v) is 10.4. The summed E-state index contributed by atoms with van der Waals surface area (Å²) in [5, 5.41) is 20.3. The molecule has 2 fully saturated rings. The average molecular weight is 227 g/mol. The summed E-state index contributed by atoms with van der Waals surface area (Å²) in [5.41, 5.74) is -0.923. The molecule has 1 aliphatic heterocycles. The van der Waals surface area contributed by atoms with Gasteiger partial charge >= 0.3 is 0 Å². The fourth-order valence-corrected chi connectivity index (χ4v) is 2.98. The first kappa shape index (κ1) is 12.3. The van der Waals surface area contributed by atoms with Gasteiger partial charge in [0.05, 0.1) is 11.2 Å². The molecule has 0 aromatic carbocycles. The highest BCUT2D eigenvalue weighted by atomic mass is 16.3. The molecule has 16 heavy (non-hydrogen) atoms. The number of hydrogen-bond acceptors (Lipinski definition) is 3. The fraction of sp³-hybridized carbons (Fsp3) is 1.00. The Morgan fingerprint density at radius 2 is 1.50 bits per heavy atom. The van der Waals surface area contributed by atoms with Gasteiger partial charge in [-0.2, -0.15) is 0 Å². The molecule has 2 rings (SSSR count). The van der Waals surface area contributed by atoms with Crippen LogP contribution >= 0.6 is 0 Å². The SMILES string of the molecule is CC1(O)CCN(CC2(O)CCCCC2)CC1. The van der Waals surface area contributed by atoms with E-state index in [1.54, 1.807) is 0 Å². The summed E-state index contributed by atoms with van der Waals surface area (Å²) < 4.78 is 0. The molecule has 0 radical (unpaired) electrons. The second-order valence-electron chi connectivity index (χ2n) is 6.06. The highest BCUT2D eigenvalue weighted by Gasteiger charge is 2.34. The number of nitrogens with zero attached hydrogens (tertiary/aromatic N) is 1. The van der Waals surface area contributed by atoms with Crippen molar-refractivity contribution in [2.45, 2.75) is 63.1 Å². The maximum atomic E-state index is 10.4. The van der Waals surface area contributed by atoms with Gasteiger partial charge in [-0.15, -0.1) is 0 Å². The first-order valence-electron chi connectivity index (χ1n) is 6.66. The van der Waals surface area contributed by atoms with Gasteiger partial charge in [0.2, 0.25) is 0 Å². The number of aliphatic hydroxyl groups is 2. The van der Waals surface area contributed by atoms with Crippen LogP contribution in [0, 0.1) is 0 Å². The van der Waals surface area contributed by atoms with E-state index in [2.05, 4.69) is 4.90 Å². The fourth-order valence-electron chi connectivity index (χ4n) is 2.98. The topological polar surface area (TPSA) is 43.7 Å². The predicted molar refractivity (Wildman–Crippen MR) is 64.3 cm³/mol. The molecule has 2 N–H and O–H groups in total. The van der Waals surface area contributed by atoms with E-state index in [0.29, 0.717) is 0 Å². The normalized spacial score (nSPS) is 30.2. The van der Waals surface area contributed by atoms with Crippen molar-refractivity contribution >= 4 is 0 Å². The van der Waals surface area contributed by atoms with Crippen LogP contribution in [0.15, 0.2) is 0 Å². The third-order valence-electron chi connectivity index (χ3n) is 4.24. The summed E-state index contributed by atoms with van der Waals surface area (Å²) in [6.45, 7) is 4.58. The largest absolute Gasteiger partial charge is 0.390 e. The van der Waals surface area contributed by atoms with Crippen LogP contribution in [0.5, 0.6) is 0 Å². The molecule has 3 nitrogen and oxygen atoms in total. The van der Waals surface area contributed by atoms with Crippen LogP contribution in [0.4, 0.5) is 0 Å². The molecule has 1 saturated carbocycles. The van der Waals surface area contributed by atoms with E-state index in [1.807, 2.05) is 6.92 Å². The van der Waals surface area contributed by atoms with Crippen molar-refractivity contribution in [2.75, 3.05) is 19.6 Å². The van der Waals surface area contributed by atoms with E-state index in [9.17, 15) is 10.2 Å². The standard InChI is InChI=1S/C13H25NO2/c1-12(15)7-9-14(10-8-12)11-13(16)5-3-2-4-6-13/h15-16H,2-11H2,1H3. The summed E-state index contributed by atoms with van der Waals surface area (Å²) in [5.74, 6) is 0. The van der Waals surface area contributed by atoms with Gasteiger partial charge in [0.15, 0.2) is 0 Å². The number of piperidine rings is 1. The minimum atomic E-state index is -0.480. The van der Waals surface area contributed by atoms with Crippen LogP contribution in [-0.2, 0) is 0 Å². The molecule has 0 bridgehead atoms. The summed E-state index contributed by atoms with van der Waals surface area (Å²) >= 11 is 0. The van der Waals surface area contributed by atoms with Crippen molar-refractivity contribution in [2.24, 2.45) is 0 Å². The van der Waals surface area contributed by atoms with Gasteiger partial charge < -0.3 is 15.1 Å². The maximum absolute atomic E-state index is 10.4. The van der Waals surface area contributed by atoms with Crippen molar-refractivity contribution in [3.8, 4) is 0 Å². The maximum Gasteiger partial charge on any atom is 0.0774 e. The van der Waals surface area contributed by atoms with Crippen LogP contribution in [0.1, 0.15) is 51.9 Å². The van der Waals surface area contributed by atoms with Crippen LogP contribution in [0.2, 0.25) is 0 Å². The van der Waals surface area contributed by atoms with Crippen LogP contribution in [0.25, 0.3) is 0 Å². The summed E-state index contributed by atoms with van der Waals surface area (Å²) in [6, 6.07) is 0. The number of hydrogen-bond donors (Lipinski definition) is 2. The lowest BCUT2D eigenvalue weighted by atomic mass is 9.83. The second-order valence-corrected chi connectivity index (χ2v) is 6.06. The van der Waals surface area contributed by atoms with Crippen molar-refractivity contribution in [3.05, 3.63) is 0 Å². The van der Waals surface area contributed by atoms with Crippen molar-refractivity contribution < 1.29 is 10.2 Å². The molecule has 1 aliphatic carbocycles. The Hall–Kier alpha value is -0.120. The quantitative estimate of drug-likeness (QED) is 0.752. The monoisotopic (exact) mass is 227 g/mol. The first-order chi connectivity index (χ1) is 7.49. The highest BCUT2D eigenvalue weighted by Crippen LogP contribution is 2.30. The Labute approximate surface area is 98.5 Å². The Kier molecular flexibility index (Phi) is 3.57. The molecule has 0 unspecified atom stereocenters. The predicted octanol–water partition coefficient (Wildman–Crippen LogP) is 1.53. The lowest BCUT2D eigenvalue weighted by Gasteiger charge is -2.41. The lowest BCUT2D eigenvalue weighted by molar-refractivity contribution is -0.0569. The van der Waals surface area contributed by atoms with Gasteiger partial charge in [-0.25, -0.2) is 0 Å². The van der Waals surface area contributed by atoms with Crippen molar-refractivity contribution in [1.29, 1.82) is 0 Å².